The van der Waals surface area contributed by atoms with E-state index >= 15 is 0 Å². The highest BCUT2D eigenvalue weighted by atomic mass is 15.2. The van der Waals surface area contributed by atoms with Crippen molar-refractivity contribution >= 4 is 16.6 Å². The maximum absolute atomic E-state index is 9.64. The summed E-state index contributed by atoms with van der Waals surface area (Å²) in [6, 6.07) is 13.3. The minimum Gasteiger partial charge on any atom is -0.371 e. The van der Waals surface area contributed by atoms with Crippen LogP contribution in [0.1, 0.15) is 29.3 Å². The summed E-state index contributed by atoms with van der Waals surface area (Å²) in [6.45, 7) is 8.39. The Kier molecular flexibility index (Phi) is 3.58. The van der Waals surface area contributed by atoms with Crippen molar-refractivity contribution in [1.29, 1.82) is 5.26 Å². The molecule has 0 atom stereocenters. The van der Waals surface area contributed by atoms with Gasteiger partial charge in [0.1, 0.15) is 11.8 Å². The number of hydrogen-bond donors (Lipinski definition) is 0. The molecule has 0 saturated heterocycles. The summed E-state index contributed by atoms with van der Waals surface area (Å²) in [5, 5.41) is 10.9. The molecule has 0 aliphatic carbocycles. The number of hydrogen-bond acceptors (Lipinski definition) is 2. The van der Waals surface area contributed by atoms with Gasteiger partial charge in [0.2, 0.25) is 0 Å². The molecule has 2 heterocycles. The van der Waals surface area contributed by atoms with Crippen molar-refractivity contribution in [2.45, 2.75) is 33.7 Å². The van der Waals surface area contributed by atoms with Gasteiger partial charge in [0.25, 0.3) is 0 Å². The summed E-state index contributed by atoms with van der Waals surface area (Å²) in [5.74, 6) is 0. The Hall–Kier alpha value is -2.73. The molecule has 1 aliphatic heterocycles. The minimum absolute atomic E-state index is 0.769. The summed E-state index contributed by atoms with van der Waals surface area (Å²) in [6.07, 6.45) is 0.985. The lowest BCUT2D eigenvalue weighted by atomic mass is 9.89. The number of nitriles is 1. The smallest absolute Gasteiger partial charge is 0.121 e. The van der Waals surface area contributed by atoms with Gasteiger partial charge in [-0.3, -0.25) is 0 Å². The standard InChI is InChI=1S/C22H23N3/c1-5-18-15(3)21-22-19(20(18)16-8-6-14(2)7-9-16)12-17(13-23)25(22)11-10-24(21)4/h6-9,12H,5,10-11H2,1-4H3. The van der Waals surface area contributed by atoms with Gasteiger partial charge >= 0.3 is 0 Å². The number of nitrogens with zero attached hydrogens (tertiary/aromatic N) is 3. The molecule has 1 aromatic heterocycles. The zero-order chi connectivity index (χ0) is 17.7. The molecule has 4 rings (SSSR count). The Morgan fingerprint density at radius 2 is 1.84 bits per heavy atom. The van der Waals surface area contributed by atoms with Crippen molar-refractivity contribution in [3.05, 3.63) is 52.7 Å². The van der Waals surface area contributed by atoms with Crippen LogP contribution in [0.15, 0.2) is 30.3 Å². The molecule has 0 fully saturated rings. The molecule has 3 aromatic rings. The van der Waals surface area contributed by atoms with Crippen LogP contribution in [0.3, 0.4) is 0 Å². The molecule has 25 heavy (non-hydrogen) atoms. The summed E-state index contributed by atoms with van der Waals surface area (Å²) in [4.78, 5) is 2.34. The maximum Gasteiger partial charge on any atom is 0.121 e. The summed E-state index contributed by atoms with van der Waals surface area (Å²) < 4.78 is 2.20. The SMILES string of the molecule is CCc1c(C)c2c3c(cc(C#N)n3CCN2C)c1-c1ccc(C)cc1. The van der Waals surface area contributed by atoms with Gasteiger partial charge in [-0.05, 0) is 48.6 Å². The predicted molar refractivity (Wildman–Crippen MR) is 104 cm³/mol. The third kappa shape index (κ3) is 2.17. The largest absolute Gasteiger partial charge is 0.371 e. The molecular weight excluding hydrogens is 306 g/mol. The zero-order valence-electron chi connectivity index (χ0n) is 15.3. The van der Waals surface area contributed by atoms with Gasteiger partial charge in [-0.1, -0.05) is 36.8 Å². The van der Waals surface area contributed by atoms with E-state index in [2.05, 4.69) is 73.7 Å². The second-order valence-electron chi connectivity index (χ2n) is 7.02. The van der Waals surface area contributed by atoms with Gasteiger partial charge < -0.3 is 9.47 Å². The van der Waals surface area contributed by atoms with Crippen LogP contribution in [0, 0.1) is 25.2 Å². The molecule has 0 N–H and O–H groups in total. The maximum atomic E-state index is 9.64. The average molecular weight is 329 g/mol. The van der Waals surface area contributed by atoms with Crippen molar-refractivity contribution in [1.82, 2.24) is 4.57 Å². The van der Waals surface area contributed by atoms with Crippen LogP contribution in [-0.2, 0) is 13.0 Å². The molecule has 0 radical (unpaired) electrons. The normalized spacial score (nSPS) is 13.3. The summed E-state index contributed by atoms with van der Waals surface area (Å²) in [5.41, 5.74) is 9.81. The van der Waals surface area contributed by atoms with Crippen molar-refractivity contribution in [3.63, 3.8) is 0 Å². The lowest BCUT2D eigenvalue weighted by Crippen LogP contribution is -2.29. The average Bonchev–Trinajstić information content (AvgIpc) is 2.98. The fraction of sp³-hybridized carbons (Fsp3) is 0.318. The topological polar surface area (TPSA) is 32.0 Å². The number of rotatable bonds is 2. The predicted octanol–water partition coefficient (Wildman–Crippen LogP) is 4.81. The van der Waals surface area contributed by atoms with E-state index in [0.29, 0.717) is 0 Å². The molecule has 0 bridgehead atoms. The molecule has 126 valence electrons. The Bertz CT molecular complexity index is 1020. The van der Waals surface area contributed by atoms with E-state index in [1.807, 2.05) is 0 Å². The molecule has 0 saturated carbocycles. The molecule has 3 heteroatoms. The quantitative estimate of drug-likeness (QED) is 0.676. The highest BCUT2D eigenvalue weighted by Crippen LogP contribution is 2.44. The molecule has 0 unspecified atom stereocenters. The van der Waals surface area contributed by atoms with Crippen LogP contribution in [0.2, 0.25) is 0 Å². The molecule has 3 nitrogen and oxygen atoms in total. The van der Waals surface area contributed by atoms with E-state index in [0.717, 1.165) is 25.2 Å². The highest BCUT2D eigenvalue weighted by molar-refractivity contribution is 6.06. The fourth-order valence-corrected chi connectivity index (χ4v) is 4.31. The lowest BCUT2D eigenvalue weighted by molar-refractivity contribution is 0.677. The minimum atomic E-state index is 0.769. The van der Waals surface area contributed by atoms with Crippen LogP contribution >= 0.6 is 0 Å². The van der Waals surface area contributed by atoms with Gasteiger partial charge in [0.05, 0.1) is 11.2 Å². The number of benzene rings is 2. The number of aromatic nitrogens is 1. The molecule has 1 aliphatic rings. The van der Waals surface area contributed by atoms with Crippen LogP contribution in [-0.4, -0.2) is 18.2 Å². The van der Waals surface area contributed by atoms with Crippen molar-refractivity contribution in [3.8, 4) is 17.2 Å². The Morgan fingerprint density at radius 3 is 2.48 bits per heavy atom. The van der Waals surface area contributed by atoms with Crippen LogP contribution in [0.5, 0.6) is 0 Å². The van der Waals surface area contributed by atoms with Crippen LogP contribution in [0.4, 0.5) is 5.69 Å². The van der Waals surface area contributed by atoms with Gasteiger partial charge in [-0.15, -0.1) is 0 Å². The van der Waals surface area contributed by atoms with E-state index in [4.69, 9.17) is 0 Å². The third-order valence-electron chi connectivity index (χ3n) is 5.55. The van der Waals surface area contributed by atoms with Gasteiger partial charge in [0.15, 0.2) is 0 Å². The first-order valence-corrected chi connectivity index (χ1v) is 8.93. The molecule has 0 amide bonds. The molecule has 2 aromatic carbocycles. The Labute approximate surface area is 149 Å². The first kappa shape index (κ1) is 15.8. The number of likely N-dealkylation sites (N-methyl/N-ethyl adjacent to an activating group) is 1. The van der Waals surface area contributed by atoms with E-state index in [-0.39, 0.29) is 0 Å². The Morgan fingerprint density at radius 1 is 1.12 bits per heavy atom. The van der Waals surface area contributed by atoms with Gasteiger partial charge in [-0.25, -0.2) is 0 Å². The van der Waals surface area contributed by atoms with Crippen molar-refractivity contribution < 1.29 is 0 Å². The van der Waals surface area contributed by atoms with E-state index < -0.39 is 0 Å². The van der Waals surface area contributed by atoms with Crippen molar-refractivity contribution in [2.24, 2.45) is 0 Å². The second-order valence-corrected chi connectivity index (χ2v) is 7.02. The van der Waals surface area contributed by atoms with Crippen LogP contribution in [0.25, 0.3) is 22.0 Å². The Balaban J connectivity index is 2.18. The summed E-state index contributed by atoms with van der Waals surface area (Å²) >= 11 is 0. The monoisotopic (exact) mass is 329 g/mol. The number of anilines is 1. The number of aryl methyl sites for hydroxylation is 1. The van der Waals surface area contributed by atoms with Gasteiger partial charge in [0, 0.05) is 25.5 Å². The highest BCUT2D eigenvalue weighted by Gasteiger charge is 2.26. The molecular formula is C22H23N3. The van der Waals surface area contributed by atoms with E-state index in [1.165, 1.54) is 44.4 Å². The van der Waals surface area contributed by atoms with Crippen molar-refractivity contribution in [2.75, 3.05) is 18.5 Å². The summed E-state index contributed by atoms with van der Waals surface area (Å²) in [7, 11) is 2.16. The molecule has 0 spiro atoms. The third-order valence-corrected chi connectivity index (χ3v) is 5.55. The first-order chi connectivity index (χ1) is 12.1. The van der Waals surface area contributed by atoms with E-state index in [9.17, 15) is 5.26 Å². The van der Waals surface area contributed by atoms with E-state index in [1.54, 1.807) is 0 Å². The zero-order valence-corrected chi connectivity index (χ0v) is 15.3. The lowest BCUT2D eigenvalue weighted by Gasteiger charge is -2.31. The van der Waals surface area contributed by atoms with Gasteiger partial charge in [-0.2, -0.15) is 5.26 Å². The fourth-order valence-electron chi connectivity index (χ4n) is 4.31. The van der Waals surface area contributed by atoms with Crippen LogP contribution < -0.4 is 4.90 Å². The second kappa shape index (κ2) is 5.67. The first-order valence-electron chi connectivity index (χ1n) is 8.93.